The van der Waals surface area contributed by atoms with Crippen LogP contribution in [0, 0.1) is 10.1 Å². The third-order valence-corrected chi connectivity index (χ3v) is 2.62. The molecule has 0 aliphatic heterocycles. The van der Waals surface area contributed by atoms with Gasteiger partial charge in [-0.05, 0) is 45.9 Å². The molecule has 1 rings (SSSR count). The largest absolute Gasteiger partial charge is 0.484 e. The van der Waals surface area contributed by atoms with Crippen LogP contribution in [0.25, 0.3) is 0 Å². The molecule has 0 amide bonds. The van der Waals surface area contributed by atoms with Crippen LogP contribution in [-0.4, -0.2) is 24.1 Å². The molecular weight excluding hydrogens is 232 g/mol. The molecule has 0 saturated heterocycles. The first-order chi connectivity index (χ1) is 8.43. The van der Waals surface area contributed by atoms with E-state index >= 15 is 0 Å². The van der Waals surface area contributed by atoms with Crippen molar-refractivity contribution in [1.29, 1.82) is 0 Å². The average molecular weight is 252 g/mol. The van der Waals surface area contributed by atoms with Crippen LogP contribution in [0.1, 0.15) is 26.3 Å². The predicted molar refractivity (Wildman–Crippen MR) is 71.1 cm³/mol. The maximum atomic E-state index is 10.9. The second-order valence-corrected chi connectivity index (χ2v) is 4.62. The molecule has 0 spiro atoms. The van der Waals surface area contributed by atoms with Crippen LogP contribution in [0.15, 0.2) is 18.2 Å². The molecule has 0 radical (unpaired) electrons. The molecule has 0 aliphatic carbocycles. The molecule has 0 saturated carbocycles. The maximum absolute atomic E-state index is 10.9. The van der Waals surface area contributed by atoms with Crippen LogP contribution >= 0.6 is 0 Å². The summed E-state index contributed by atoms with van der Waals surface area (Å²) in [6, 6.07) is 5.36. The molecule has 1 aromatic carbocycles. The second kappa shape index (κ2) is 6.35. The van der Waals surface area contributed by atoms with E-state index in [1.54, 1.807) is 12.1 Å². The Kier molecular flexibility index (Phi) is 5.09. The summed E-state index contributed by atoms with van der Waals surface area (Å²) in [5.74, 6) is 0.343. The van der Waals surface area contributed by atoms with E-state index in [2.05, 4.69) is 12.2 Å². The molecule has 0 heterocycles. The Morgan fingerprint density at radius 1 is 1.39 bits per heavy atom. The van der Waals surface area contributed by atoms with E-state index in [9.17, 15) is 10.1 Å². The van der Waals surface area contributed by atoms with Gasteiger partial charge in [-0.2, -0.15) is 0 Å². The molecule has 0 aliphatic rings. The standard InChI is InChI=1S/C13H20N2O3/c1-9(2)18-13-8-11(7-10(3)14-4)5-6-12(13)15(16)17/h5-6,8-10,14H,7H2,1-4H3. The van der Waals surface area contributed by atoms with Crippen LogP contribution < -0.4 is 10.1 Å². The number of likely N-dealkylation sites (N-methyl/N-ethyl adjacent to an activating group) is 1. The number of nitrogens with one attached hydrogen (secondary N) is 1. The lowest BCUT2D eigenvalue weighted by Crippen LogP contribution is -2.23. The Balaban J connectivity index is 3.01. The van der Waals surface area contributed by atoms with Crippen molar-refractivity contribution in [3.05, 3.63) is 33.9 Å². The smallest absolute Gasteiger partial charge is 0.310 e. The van der Waals surface area contributed by atoms with Crippen molar-refractivity contribution in [1.82, 2.24) is 5.32 Å². The highest BCUT2D eigenvalue weighted by Gasteiger charge is 2.17. The van der Waals surface area contributed by atoms with Gasteiger partial charge in [0.2, 0.25) is 0 Å². The predicted octanol–water partition coefficient (Wildman–Crippen LogP) is 2.53. The van der Waals surface area contributed by atoms with Gasteiger partial charge < -0.3 is 10.1 Å². The summed E-state index contributed by atoms with van der Waals surface area (Å²) in [6.45, 7) is 5.77. The Labute approximate surface area is 107 Å². The summed E-state index contributed by atoms with van der Waals surface area (Å²) in [5, 5.41) is 14.0. The summed E-state index contributed by atoms with van der Waals surface area (Å²) in [5.41, 5.74) is 1.04. The minimum Gasteiger partial charge on any atom is -0.484 e. The van der Waals surface area contributed by atoms with Gasteiger partial charge in [0.05, 0.1) is 11.0 Å². The van der Waals surface area contributed by atoms with E-state index < -0.39 is 4.92 Å². The van der Waals surface area contributed by atoms with E-state index in [0.29, 0.717) is 11.8 Å². The van der Waals surface area contributed by atoms with E-state index in [4.69, 9.17) is 4.74 Å². The van der Waals surface area contributed by atoms with Gasteiger partial charge in [0.15, 0.2) is 5.75 Å². The van der Waals surface area contributed by atoms with Crippen molar-refractivity contribution in [2.24, 2.45) is 0 Å². The molecule has 5 heteroatoms. The van der Waals surface area contributed by atoms with Gasteiger partial charge in [0, 0.05) is 12.1 Å². The minimum absolute atomic E-state index is 0.0181. The van der Waals surface area contributed by atoms with Crippen molar-refractivity contribution in [3.8, 4) is 5.75 Å². The zero-order valence-corrected chi connectivity index (χ0v) is 11.3. The Hall–Kier alpha value is -1.62. The highest BCUT2D eigenvalue weighted by molar-refractivity contribution is 5.48. The van der Waals surface area contributed by atoms with Crippen LogP contribution in [0.5, 0.6) is 5.75 Å². The summed E-state index contributed by atoms with van der Waals surface area (Å²) in [4.78, 5) is 10.5. The molecule has 1 unspecified atom stereocenters. The quantitative estimate of drug-likeness (QED) is 0.624. The van der Waals surface area contributed by atoms with Crippen molar-refractivity contribution in [3.63, 3.8) is 0 Å². The Bertz CT molecular complexity index is 419. The molecule has 18 heavy (non-hydrogen) atoms. The van der Waals surface area contributed by atoms with Crippen molar-refractivity contribution in [2.75, 3.05) is 7.05 Å². The molecule has 0 fully saturated rings. The summed E-state index contributed by atoms with van der Waals surface area (Å²) in [6.07, 6.45) is 0.726. The number of benzene rings is 1. The Morgan fingerprint density at radius 3 is 2.56 bits per heavy atom. The number of rotatable bonds is 6. The number of nitro groups is 1. The number of nitro benzene ring substituents is 1. The van der Waals surface area contributed by atoms with E-state index in [1.165, 1.54) is 6.07 Å². The zero-order valence-electron chi connectivity index (χ0n) is 11.3. The molecule has 1 N–H and O–H groups in total. The number of ether oxygens (including phenoxy) is 1. The highest BCUT2D eigenvalue weighted by atomic mass is 16.6. The maximum Gasteiger partial charge on any atom is 0.310 e. The van der Waals surface area contributed by atoms with Gasteiger partial charge in [-0.3, -0.25) is 10.1 Å². The average Bonchev–Trinajstić information content (AvgIpc) is 2.27. The Morgan fingerprint density at radius 2 is 2.06 bits per heavy atom. The summed E-state index contributed by atoms with van der Waals surface area (Å²) >= 11 is 0. The molecular formula is C13H20N2O3. The van der Waals surface area contributed by atoms with Crippen molar-refractivity contribution >= 4 is 5.69 Å². The van der Waals surface area contributed by atoms with E-state index in [-0.39, 0.29) is 11.8 Å². The first-order valence-electron chi connectivity index (χ1n) is 6.05. The van der Waals surface area contributed by atoms with Gasteiger partial charge in [0.1, 0.15) is 0 Å². The van der Waals surface area contributed by atoms with Gasteiger partial charge >= 0.3 is 5.69 Å². The lowest BCUT2D eigenvalue weighted by Gasteiger charge is -2.13. The second-order valence-electron chi connectivity index (χ2n) is 4.62. The van der Waals surface area contributed by atoms with Gasteiger partial charge in [0.25, 0.3) is 0 Å². The molecule has 100 valence electrons. The SMILES string of the molecule is CNC(C)Cc1ccc([N+](=O)[O-])c(OC(C)C)c1. The fraction of sp³-hybridized carbons (Fsp3) is 0.538. The first-order valence-corrected chi connectivity index (χ1v) is 6.05. The van der Waals surface area contributed by atoms with Gasteiger partial charge in [-0.15, -0.1) is 0 Å². The van der Waals surface area contributed by atoms with Crippen LogP contribution in [0.2, 0.25) is 0 Å². The number of hydrogen-bond acceptors (Lipinski definition) is 4. The summed E-state index contributed by atoms with van der Waals surface area (Å²) < 4.78 is 5.50. The molecule has 1 atom stereocenters. The lowest BCUT2D eigenvalue weighted by molar-refractivity contribution is -0.386. The van der Waals surface area contributed by atoms with Gasteiger partial charge in [-0.1, -0.05) is 6.07 Å². The van der Waals surface area contributed by atoms with E-state index in [0.717, 1.165) is 12.0 Å². The lowest BCUT2D eigenvalue weighted by atomic mass is 10.1. The molecule has 5 nitrogen and oxygen atoms in total. The third-order valence-electron chi connectivity index (χ3n) is 2.62. The fourth-order valence-electron chi connectivity index (χ4n) is 1.64. The third kappa shape index (κ3) is 4.00. The van der Waals surface area contributed by atoms with Crippen LogP contribution in [0.3, 0.4) is 0 Å². The van der Waals surface area contributed by atoms with Crippen molar-refractivity contribution in [2.45, 2.75) is 39.3 Å². The minimum atomic E-state index is -0.414. The van der Waals surface area contributed by atoms with E-state index in [1.807, 2.05) is 20.9 Å². The monoisotopic (exact) mass is 252 g/mol. The fourth-order valence-corrected chi connectivity index (χ4v) is 1.64. The first kappa shape index (κ1) is 14.4. The van der Waals surface area contributed by atoms with Crippen LogP contribution in [-0.2, 0) is 6.42 Å². The van der Waals surface area contributed by atoms with Gasteiger partial charge in [-0.25, -0.2) is 0 Å². The van der Waals surface area contributed by atoms with Crippen LogP contribution in [0.4, 0.5) is 5.69 Å². The molecule has 1 aromatic rings. The molecule has 0 bridgehead atoms. The number of hydrogen-bond donors (Lipinski definition) is 1. The van der Waals surface area contributed by atoms with Crippen molar-refractivity contribution < 1.29 is 9.66 Å². The highest BCUT2D eigenvalue weighted by Crippen LogP contribution is 2.29. The zero-order chi connectivity index (χ0) is 13.7. The molecule has 0 aromatic heterocycles. The number of nitrogens with zero attached hydrogens (tertiary/aromatic N) is 1. The normalized spacial score (nSPS) is 12.5. The summed E-state index contributed by atoms with van der Waals surface area (Å²) in [7, 11) is 1.89. The topological polar surface area (TPSA) is 64.4 Å².